The summed E-state index contributed by atoms with van der Waals surface area (Å²) >= 11 is 0. The molecule has 6 nitrogen and oxygen atoms in total. The minimum Gasteiger partial charge on any atom is -0.453 e. The van der Waals surface area contributed by atoms with Crippen molar-refractivity contribution in [1.82, 2.24) is 10.2 Å². The van der Waals surface area contributed by atoms with Gasteiger partial charge in [0.05, 0.1) is 0 Å². The summed E-state index contributed by atoms with van der Waals surface area (Å²) in [5.41, 5.74) is 0. The molecule has 110 valence electrons. The van der Waals surface area contributed by atoms with Gasteiger partial charge >= 0.3 is 0 Å². The number of piperidine rings is 1. The first kappa shape index (κ1) is 14.6. The van der Waals surface area contributed by atoms with Crippen LogP contribution in [0.2, 0.25) is 0 Å². The molecular formula is C14H20N2O4. The van der Waals surface area contributed by atoms with Gasteiger partial charge in [-0.1, -0.05) is 0 Å². The van der Waals surface area contributed by atoms with E-state index >= 15 is 0 Å². The van der Waals surface area contributed by atoms with E-state index in [0.717, 1.165) is 12.8 Å². The molecule has 0 bridgehead atoms. The second-order valence-corrected chi connectivity index (χ2v) is 4.99. The van der Waals surface area contributed by atoms with Gasteiger partial charge in [0.25, 0.3) is 5.91 Å². The highest BCUT2D eigenvalue weighted by Crippen LogP contribution is 2.16. The summed E-state index contributed by atoms with van der Waals surface area (Å²) in [7, 11) is 1.58. The van der Waals surface area contributed by atoms with Crippen molar-refractivity contribution in [3.05, 3.63) is 23.7 Å². The van der Waals surface area contributed by atoms with E-state index in [1.807, 2.05) is 0 Å². The van der Waals surface area contributed by atoms with Gasteiger partial charge in [-0.3, -0.25) is 9.59 Å². The summed E-state index contributed by atoms with van der Waals surface area (Å²) < 4.78 is 10.4. The van der Waals surface area contributed by atoms with Gasteiger partial charge in [-0.15, -0.1) is 0 Å². The van der Waals surface area contributed by atoms with Gasteiger partial charge in [0.2, 0.25) is 5.91 Å². The summed E-state index contributed by atoms with van der Waals surface area (Å²) in [5.74, 6) is 0.749. The molecule has 0 aromatic carbocycles. The van der Waals surface area contributed by atoms with E-state index in [1.54, 1.807) is 24.1 Å². The van der Waals surface area contributed by atoms with Gasteiger partial charge in [-0.2, -0.15) is 0 Å². The van der Waals surface area contributed by atoms with Crippen LogP contribution in [-0.2, 0) is 16.1 Å². The SMILES string of the molecule is COCc1ccc(C(=O)N2CCCC(NC(C)=O)C2)o1. The van der Waals surface area contributed by atoms with Gasteiger partial charge in [-0.25, -0.2) is 0 Å². The fraction of sp³-hybridized carbons (Fsp3) is 0.571. The van der Waals surface area contributed by atoms with Crippen molar-refractivity contribution in [3.63, 3.8) is 0 Å². The molecule has 6 heteroatoms. The number of furan rings is 1. The van der Waals surface area contributed by atoms with Crippen molar-refractivity contribution in [2.24, 2.45) is 0 Å². The van der Waals surface area contributed by atoms with Gasteiger partial charge < -0.3 is 19.4 Å². The lowest BCUT2D eigenvalue weighted by molar-refractivity contribution is -0.120. The molecule has 2 heterocycles. The lowest BCUT2D eigenvalue weighted by Gasteiger charge is -2.32. The number of hydrogen-bond donors (Lipinski definition) is 1. The van der Waals surface area contributed by atoms with Crippen LogP contribution in [0.4, 0.5) is 0 Å². The zero-order valence-corrected chi connectivity index (χ0v) is 11.8. The number of likely N-dealkylation sites (tertiary alicyclic amines) is 1. The van der Waals surface area contributed by atoms with Crippen molar-refractivity contribution in [2.45, 2.75) is 32.4 Å². The highest BCUT2D eigenvalue weighted by atomic mass is 16.5. The molecule has 2 amide bonds. The third-order valence-electron chi connectivity index (χ3n) is 3.28. The zero-order chi connectivity index (χ0) is 14.5. The molecule has 0 spiro atoms. The lowest BCUT2D eigenvalue weighted by atomic mass is 10.1. The zero-order valence-electron chi connectivity index (χ0n) is 11.8. The van der Waals surface area contributed by atoms with Crippen LogP contribution in [0.25, 0.3) is 0 Å². The third kappa shape index (κ3) is 3.60. The van der Waals surface area contributed by atoms with E-state index in [-0.39, 0.29) is 17.9 Å². The molecule has 1 aliphatic rings. The van der Waals surface area contributed by atoms with E-state index in [0.29, 0.717) is 31.2 Å². The van der Waals surface area contributed by atoms with Crippen LogP contribution in [0.15, 0.2) is 16.5 Å². The molecule has 0 saturated carbocycles. The number of carbonyl (C=O) groups is 2. The highest BCUT2D eigenvalue weighted by Gasteiger charge is 2.26. The fourth-order valence-corrected chi connectivity index (χ4v) is 2.44. The summed E-state index contributed by atoms with van der Waals surface area (Å²) in [4.78, 5) is 25.1. The van der Waals surface area contributed by atoms with Crippen LogP contribution in [0.5, 0.6) is 0 Å². The molecule has 1 atom stereocenters. The molecule has 1 fully saturated rings. The summed E-state index contributed by atoms with van der Waals surface area (Å²) in [6, 6.07) is 3.43. The normalized spacial score (nSPS) is 18.9. The molecule has 20 heavy (non-hydrogen) atoms. The molecule has 1 saturated heterocycles. The summed E-state index contributed by atoms with van der Waals surface area (Å²) in [6.07, 6.45) is 1.78. The van der Waals surface area contributed by atoms with E-state index in [1.165, 1.54) is 6.92 Å². The summed E-state index contributed by atoms with van der Waals surface area (Å²) in [5, 5.41) is 2.86. The van der Waals surface area contributed by atoms with Gasteiger partial charge in [-0.05, 0) is 25.0 Å². The molecule has 1 aromatic heterocycles. The Labute approximate surface area is 118 Å². The smallest absolute Gasteiger partial charge is 0.289 e. The summed E-state index contributed by atoms with van der Waals surface area (Å²) in [6.45, 7) is 3.06. The number of nitrogens with one attached hydrogen (secondary N) is 1. The quantitative estimate of drug-likeness (QED) is 0.898. The maximum Gasteiger partial charge on any atom is 0.289 e. The largest absolute Gasteiger partial charge is 0.453 e. The average molecular weight is 280 g/mol. The molecule has 1 aromatic rings. The molecule has 1 N–H and O–H groups in total. The van der Waals surface area contributed by atoms with E-state index in [4.69, 9.17) is 9.15 Å². The second-order valence-electron chi connectivity index (χ2n) is 4.99. The Balaban J connectivity index is 1.98. The number of methoxy groups -OCH3 is 1. The number of nitrogens with zero attached hydrogens (tertiary/aromatic N) is 1. The van der Waals surface area contributed by atoms with Crippen molar-refractivity contribution >= 4 is 11.8 Å². The fourth-order valence-electron chi connectivity index (χ4n) is 2.44. The van der Waals surface area contributed by atoms with E-state index in [2.05, 4.69) is 5.32 Å². The van der Waals surface area contributed by atoms with Crippen LogP contribution < -0.4 is 5.32 Å². The topological polar surface area (TPSA) is 71.8 Å². The Morgan fingerprint density at radius 1 is 1.50 bits per heavy atom. The number of rotatable bonds is 4. The van der Waals surface area contributed by atoms with Crippen LogP contribution in [-0.4, -0.2) is 43.0 Å². The first-order valence-corrected chi connectivity index (χ1v) is 6.74. The average Bonchev–Trinajstić information content (AvgIpc) is 2.86. The molecule has 1 aliphatic heterocycles. The Morgan fingerprint density at radius 2 is 2.30 bits per heavy atom. The Bertz CT molecular complexity index is 483. The predicted molar refractivity (Wildman–Crippen MR) is 72.2 cm³/mol. The van der Waals surface area contributed by atoms with Gasteiger partial charge in [0.15, 0.2) is 5.76 Å². The Hall–Kier alpha value is -1.82. The van der Waals surface area contributed by atoms with Crippen molar-refractivity contribution in [3.8, 4) is 0 Å². The second kappa shape index (κ2) is 6.56. The molecule has 2 rings (SSSR count). The van der Waals surface area contributed by atoms with Gasteiger partial charge in [0, 0.05) is 33.2 Å². The maximum absolute atomic E-state index is 12.3. The Morgan fingerprint density at radius 3 is 3.00 bits per heavy atom. The minimum atomic E-state index is -0.137. The first-order chi connectivity index (χ1) is 9.60. The van der Waals surface area contributed by atoms with E-state index < -0.39 is 0 Å². The standard InChI is InChI=1S/C14H20N2O4/c1-10(17)15-11-4-3-7-16(8-11)14(18)13-6-5-12(20-13)9-19-2/h5-6,11H,3-4,7-9H2,1-2H3,(H,15,17). The lowest BCUT2D eigenvalue weighted by Crippen LogP contribution is -2.49. The number of hydrogen-bond acceptors (Lipinski definition) is 4. The third-order valence-corrected chi connectivity index (χ3v) is 3.28. The predicted octanol–water partition coefficient (Wildman–Crippen LogP) is 1.17. The highest BCUT2D eigenvalue weighted by molar-refractivity contribution is 5.91. The Kier molecular flexibility index (Phi) is 4.79. The van der Waals surface area contributed by atoms with Crippen LogP contribution in [0, 0.1) is 0 Å². The van der Waals surface area contributed by atoms with Gasteiger partial charge in [0.1, 0.15) is 12.4 Å². The maximum atomic E-state index is 12.3. The molecule has 0 aliphatic carbocycles. The van der Waals surface area contributed by atoms with Crippen LogP contribution in [0.3, 0.4) is 0 Å². The monoisotopic (exact) mass is 280 g/mol. The van der Waals surface area contributed by atoms with E-state index in [9.17, 15) is 9.59 Å². The van der Waals surface area contributed by atoms with Crippen molar-refractivity contribution in [1.29, 1.82) is 0 Å². The van der Waals surface area contributed by atoms with Crippen LogP contribution >= 0.6 is 0 Å². The number of carbonyl (C=O) groups excluding carboxylic acids is 2. The molecular weight excluding hydrogens is 260 g/mol. The number of ether oxygens (including phenoxy) is 1. The number of amides is 2. The molecule has 1 unspecified atom stereocenters. The first-order valence-electron chi connectivity index (χ1n) is 6.74. The van der Waals surface area contributed by atoms with Crippen LogP contribution in [0.1, 0.15) is 36.1 Å². The van der Waals surface area contributed by atoms with Crippen molar-refractivity contribution in [2.75, 3.05) is 20.2 Å². The minimum absolute atomic E-state index is 0.0265. The molecule has 0 radical (unpaired) electrons. The van der Waals surface area contributed by atoms with Crippen molar-refractivity contribution < 1.29 is 18.7 Å².